The predicted octanol–water partition coefficient (Wildman–Crippen LogP) is 2.65. The number of carbonyl (C=O) groups is 2. The van der Waals surface area contributed by atoms with Crippen molar-refractivity contribution < 1.29 is 14.3 Å². The molecule has 132 valence electrons. The van der Waals surface area contributed by atoms with Crippen molar-refractivity contribution in [3.8, 4) is 5.75 Å². The molecule has 3 N–H and O–H groups in total. The van der Waals surface area contributed by atoms with Crippen LogP contribution in [0.1, 0.15) is 36.7 Å². The normalized spacial score (nSPS) is 12.3. The topological polar surface area (TPSA) is 81.4 Å². The second-order valence-electron chi connectivity index (χ2n) is 6.57. The quantitative estimate of drug-likeness (QED) is 0.813. The van der Waals surface area contributed by atoms with Crippen LogP contribution in [0.4, 0.5) is 0 Å². The summed E-state index contributed by atoms with van der Waals surface area (Å²) in [6, 6.07) is 16.7. The third-order valence-corrected chi connectivity index (χ3v) is 4.43. The number of rotatable bonds is 7. The SMILES string of the molecule is CC(NC(=O)c1cccc(OCC(N)=O)c1)C(C)(C)c1ccccc1. The molecular weight excluding hydrogens is 316 g/mol. The minimum absolute atomic E-state index is 0.0856. The molecule has 0 aliphatic rings. The minimum atomic E-state index is -0.562. The molecule has 0 bridgehead atoms. The minimum Gasteiger partial charge on any atom is -0.484 e. The summed E-state index contributed by atoms with van der Waals surface area (Å²) < 4.78 is 5.25. The fourth-order valence-corrected chi connectivity index (χ4v) is 2.46. The maximum absolute atomic E-state index is 12.6. The lowest BCUT2D eigenvalue weighted by atomic mass is 9.78. The second kappa shape index (κ2) is 7.83. The number of benzene rings is 2. The highest BCUT2D eigenvalue weighted by Gasteiger charge is 2.29. The van der Waals surface area contributed by atoms with E-state index in [1.807, 2.05) is 25.1 Å². The molecule has 0 radical (unpaired) electrons. The number of hydrogen-bond donors (Lipinski definition) is 2. The maximum atomic E-state index is 12.6. The highest BCUT2D eigenvalue weighted by atomic mass is 16.5. The number of nitrogens with two attached hydrogens (primary N) is 1. The predicted molar refractivity (Wildman–Crippen MR) is 97.5 cm³/mol. The Morgan fingerprint density at radius 3 is 2.44 bits per heavy atom. The van der Waals surface area contributed by atoms with Gasteiger partial charge in [-0.25, -0.2) is 0 Å². The number of hydrogen-bond acceptors (Lipinski definition) is 3. The number of ether oxygens (including phenoxy) is 1. The summed E-state index contributed by atoms with van der Waals surface area (Å²) in [5.41, 5.74) is 6.46. The number of nitrogens with one attached hydrogen (secondary N) is 1. The van der Waals surface area contributed by atoms with E-state index in [0.29, 0.717) is 11.3 Å². The molecule has 5 heteroatoms. The summed E-state index contributed by atoms with van der Waals surface area (Å²) in [5, 5.41) is 3.04. The van der Waals surface area contributed by atoms with Crippen LogP contribution in [-0.4, -0.2) is 24.5 Å². The van der Waals surface area contributed by atoms with Crippen LogP contribution in [0.2, 0.25) is 0 Å². The van der Waals surface area contributed by atoms with E-state index in [2.05, 4.69) is 31.3 Å². The summed E-state index contributed by atoms with van der Waals surface area (Å²) in [6.45, 7) is 5.96. The van der Waals surface area contributed by atoms with Crippen molar-refractivity contribution in [2.75, 3.05) is 6.61 Å². The molecule has 0 fully saturated rings. The van der Waals surface area contributed by atoms with Crippen LogP contribution in [0.15, 0.2) is 54.6 Å². The lowest BCUT2D eigenvalue weighted by molar-refractivity contribution is -0.119. The first-order valence-corrected chi connectivity index (χ1v) is 8.18. The molecule has 1 atom stereocenters. The number of amides is 2. The van der Waals surface area contributed by atoms with Crippen LogP contribution in [0.5, 0.6) is 5.75 Å². The average molecular weight is 340 g/mol. The van der Waals surface area contributed by atoms with E-state index >= 15 is 0 Å². The van der Waals surface area contributed by atoms with Crippen molar-refractivity contribution in [1.29, 1.82) is 0 Å². The van der Waals surface area contributed by atoms with Crippen molar-refractivity contribution in [3.05, 3.63) is 65.7 Å². The summed E-state index contributed by atoms with van der Waals surface area (Å²) in [6.07, 6.45) is 0. The Kier molecular flexibility index (Phi) is 5.80. The van der Waals surface area contributed by atoms with Gasteiger partial charge in [-0.15, -0.1) is 0 Å². The number of carbonyl (C=O) groups excluding carboxylic acids is 2. The molecule has 0 spiro atoms. The molecule has 2 amide bonds. The van der Waals surface area contributed by atoms with E-state index < -0.39 is 5.91 Å². The largest absolute Gasteiger partial charge is 0.484 e. The Labute approximate surface area is 148 Å². The molecule has 25 heavy (non-hydrogen) atoms. The van der Waals surface area contributed by atoms with Crippen LogP contribution in [0, 0.1) is 0 Å². The van der Waals surface area contributed by atoms with Crippen LogP contribution in [0.3, 0.4) is 0 Å². The Hall–Kier alpha value is -2.82. The zero-order valence-corrected chi connectivity index (χ0v) is 14.8. The van der Waals surface area contributed by atoms with Crippen LogP contribution >= 0.6 is 0 Å². The van der Waals surface area contributed by atoms with Gasteiger partial charge in [0.1, 0.15) is 5.75 Å². The zero-order chi connectivity index (χ0) is 18.4. The molecule has 0 aromatic heterocycles. The molecule has 2 aromatic rings. The van der Waals surface area contributed by atoms with Gasteiger partial charge in [0.05, 0.1) is 0 Å². The lowest BCUT2D eigenvalue weighted by Crippen LogP contribution is -2.45. The molecule has 0 aliphatic heterocycles. The van der Waals surface area contributed by atoms with Crippen LogP contribution < -0.4 is 15.8 Å². The first-order chi connectivity index (χ1) is 11.8. The summed E-state index contributed by atoms with van der Waals surface area (Å²) in [4.78, 5) is 23.4. The van der Waals surface area contributed by atoms with E-state index in [0.717, 1.165) is 5.56 Å². The smallest absolute Gasteiger partial charge is 0.255 e. The fraction of sp³-hybridized carbons (Fsp3) is 0.300. The van der Waals surface area contributed by atoms with Crippen LogP contribution in [-0.2, 0) is 10.2 Å². The van der Waals surface area contributed by atoms with E-state index in [1.54, 1.807) is 24.3 Å². The first-order valence-electron chi connectivity index (χ1n) is 8.18. The maximum Gasteiger partial charge on any atom is 0.255 e. The Balaban J connectivity index is 2.08. The van der Waals surface area contributed by atoms with E-state index in [4.69, 9.17) is 10.5 Å². The van der Waals surface area contributed by atoms with Crippen molar-refractivity contribution in [3.63, 3.8) is 0 Å². The summed E-state index contributed by atoms with van der Waals surface area (Å²) in [7, 11) is 0. The molecule has 0 heterocycles. The van der Waals surface area contributed by atoms with E-state index in [1.165, 1.54) is 0 Å². The van der Waals surface area contributed by atoms with Crippen molar-refractivity contribution in [2.24, 2.45) is 5.73 Å². The Morgan fingerprint density at radius 2 is 1.80 bits per heavy atom. The van der Waals surface area contributed by atoms with Crippen molar-refractivity contribution in [1.82, 2.24) is 5.32 Å². The summed E-state index contributed by atoms with van der Waals surface area (Å²) >= 11 is 0. The molecule has 1 unspecified atom stereocenters. The van der Waals surface area contributed by atoms with Gasteiger partial charge in [-0.3, -0.25) is 9.59 Å². The number of primary amides is 1. The van der Waals surface area contributed by atoms with Gasteiger partial charge < -0.3 is 15.8 Å². The van der Waals surface area contributed by atoms with E-state index in [9.17, 15) is 9.59 Å². The van der Waals surface area contributed by atoms with Crippen molar-refractivity contribution >= 4 is 11.8 Å². The Morgan fingerprint density at radius 1 is 1.12 bits per heavy atom. The molecule has 5 nitrogen and oxygen atoms in total. The van der Waals surface area contributed by atoms with Crippen molar-refractivity contribution in [2.45, 2.75) is 32.2 Å². The molecule has 2 aromatic carbocycles. The lowest BCUT2D eigenvalue weighted by Gasteiger charge is -2.33. The molecule has 2 rings (SSSR count). The zero-order valence-electron chi connectivity index (χ0n) is 14.8. The summed E-state index contributed by atoms with van der Waals surface area (Å²) in [5.74, 6) is -0.324. The van der Waals surface area contributed by atoms with Gasteiger partial charge in [0, 0.05) is 17.0 Å². The monoisotopic (exact) mass is 340 g/mol. The highest BCUT2D eigenvalue weighted by molar-refractivity contribution is 5.94. The third kappa shape index (κ3) is 4.83. The third-order valence-electron chi connectivity index (χ3n) is 4.43. The van der Waals surface area contributed by atoms with Gasteiger partial charge in [0.25, 0.3) is 11.8 Å². The molecular formula is C20H24N2O3. The van der Waals surface area contributed by atoms with Gasteiger partial charge in [-0.2, -0.15) is 0 Å². The highest BCUT2D eigenvalue weighted by Crippen LogP contribution is 2.27. The standard InChI is InChI=1S/C20H24N2O3/c1-14(20(2,3)16-9-5-4-6-10-16)22-19(24)15-8-7-11-17(12-15)25-13-18(21)23/h4-12,14H,13H2,1-3H3,(H2,21,23)(H,22,24). The molecule has 0 aliphatic carbocycles. The van der Waals surface area contributed by atoms with Gasteiger partial charge in [0.2, 0.25) is 0 Å². The van der Waals surface area contributed by atoms with Gasteiger partial charge in [0.15, 0.2) is 6.61 Å². The fourth-order valence-electron chi connectivity index (χ4n) is 2.46. The van der Waals surface area contributed by atoms with Gasteiger partial charge in [-0.1, -0.05) is 50.2 Å². The van der Waals surface area contributed by atoms with Gasteiger partial charge >= 0.3 is 0 Å². The van der Waals surface area contributed by atoms with Crippen LogP contribution in [0.25, 0.3) is 0 Å². The second-order valence-corrected chi connectivity index (χ2v) is 6.57. The Bertz CT molecular complexity index is 742. The molecule has 0 saturated heterocycles. The molecule has 0 saturated carbocycles. The van der Waals surface area contributed by atoms with E-state index in [-0.39, 0.29) is 24.0 Å². The van der Waals surface area contributed by atoms with Gasteiger partial charge in [-0.05, 0) is 30.7 Å². The average Bonchev–Trinajstić information content (AvgIpc) is 2.60. The first kappa shape index (κ1) is 18.5.